The molecule has 0 radical (unpaired) electrons. The highest BCUT2D eigenvalue weighted by molar-refractivity contribution is 9.10. The molecule has 0 saturated heterocycles. The average molecular weight is 302 g/mol. The van der Waals surface area contributed by atoms with Gasteiger partial charge in [-0.15, -0.1) is 0 Å². The first-order valence-electron chi connectivity index (χ1n) is 5.18. The zero-order valence-electron chi connectivity index (χ0n) is 9.26. The second-order valence-corrected chi connectivity index (χ2v) is 4.45. The van der Waals surface area contributed by atoms with Gasteiger partial charge >= 0.3 is 0 Å². The van der Waals surface area contributed by atoms with Crippen LogP contribution in [0, 0.1) is 22.0 Å². The van der Waals surface area contributed by atoms with E-state index >= 15 is 0 Å². The summed E-state index contributed by atoms with van der Waals surface area (Å²) in [5.41, 5.74) is 1.24. The molecular weight excluding hydrogens is 294 g/mol. The van der Waals surface area contributed by atoms with E-state index < -0.39 is 4.92 Å². The van der Waals surface area contributed by atoms with Gasteiger partial charge in [0.25, 0.3) is 5.69 Å². The molecule has 0 aliphatic heterocycles. The maximum absolute atomic E-state index is 10.9. The Bertz CT molecular complexity index is 642. The van der Waals surface area contributed by atoms with Gasteiger partial charge in [-0.3, -0.25) is 10.1 Å². The Kier molecular flexibility index (Phi) is 3.75. The second kappa shape index (κ2) is 5.48. The Hall–Kier alpha value is -2.12. The van der Waals surface area contributed by atoms with Crippen LogP contribution in [0.5, 0.6) is 0 Å². The number of nitro groups is 1. The van der Waals surface area contributed by atoms with E-state index in [-0.39, 0.29) is 5.69 Å². The van der Waals surface area contributed by atoms with Gasteiger partial charge in [0.1, 0.15) is 5.56 Å². The first-order valence-corrected chi connectivity index (χ1v) is 5.97. The van der Waals surface area contributed by atoms with Crippen LogP contribution in [0.1, 0.15) is 11.1 Å². The van der Waals surface area contributed by atoms with Crippen LogP contribution >= 0.6 is 15.9 Å². The lowest BCUT2D eigenvalue weighted by atomic mass is 10.1. The topological polar surface area (TPSA) is 43.1 Å². The molecule has 4 heteroatoms. The Morgan fingerprint density at radius 3 is 2.44 bits per heavy atom. The monoisotopic (exact) mass is 301 g/mol. The van der Waals surface area contributed by atoms with Gasteiger partial charge in [0.2, 0.25) is 0 Å². The van der Waals surface area contributed by atoms with Gasteiger partial charge in [0.15, 0.2) is 0 Å². The molecule has 18 heavy (non-hydrogen) atoms. The number of halogens is 1. The van der Waals surface area contributed by atoms with Crippen LogP contribution < -0.4 is 0 Å². The first kappa shape index (κ1) is 12.3. The largest absolute Gasteiger partial charge is 0.286 e. The molecule has 0 heterocycles. The SMILES string of the molecule is O=[N+]([O-])c1cc(Br)ccc1C#Cc1ccccc1. The molecule has 0 fully saturated rings. The molecule has 0 bridgehead atoms. The zero-order chi connectivity index (χ0) is 13.0. The fourth-order valence-corrected chi connectivity index (χ4v) is 1.77. The number of rotatable bonds is 1. The summed E-state index contributed by atoms with van der Waals surface area (Å²) in [5, 5.41) is 10.9. The molecule has 2 aromatic carbocycles. The van der Waals surface area contributed by atoms with Gasteiger partial charge < -0.3 is 0 Å². The van der Waals surface area contributed by atoms with Gasteiger partial charge in [-0.1, -0.05) is 46.0 Å². The van der Waals surface area contributed by atoms with Crippen molar-refractivity contribution in [3.8, 4) is 11.8 Å². The third-order valence-electron chi connectivity index (χ3n) is 2.27. The summed E-state index contributed by atoms with van der Waals surface area (Å²) in [7, 11) is 0. The van der Waals surface area contributed by atoms with Gasteiger partial charge in [-0.05, 0) is 24.3 Å². The summed E-state index contributed by atoms with van der Waals surface area (Å²) in [6, 6.07) is 14.2. The number of hydrogen-bond donors (Lipinski definition) is 0. The molecule has 0 aliphatic carbocycles. The quantitative estimate of drug-likeness (QED) is 0.457. The average Bonchev–Trinajstić information content (AvgIpc) is 2.38. The molecule has 0 spiro atoms. The van der Waals surface area contributed by atoms with E-state index in [9.17, 15) is 10.1 Å². The van der Waals surface area contributed by atoms with Crippen molar-refractivity contribution in [1.82, 2.24) is 0 Å². The van der Waals surface area contributed by atoms with E-state index in [4.69, 9.17) is 0 Å². The van der Waals surface area contributed by atoms with E-state index in [0.29, 0.717) is 10.0 Å². The highest BCUT2D eigenvalue weighted by atomic mass is 79.9. The number of benzene rings is 2. The molecule has 0 N–H and O–H groups in total. The third-order valence-corrected chi connectivity index (χ3v) is 2.77. The predicted molar refractivity (Wildman–Crippen MR) is 73.2 cm³/mol. The van der Waals surface area contributed by atoms with Crippen LogP contribution in [0.2, 0.25) is 0 Å². The lowest BCUT2D eigenvalue weighted by Gasteiger charge is -1.96. The summed E-state index contributed by atoms with van der Waals surface area (Å²) in [6.07, 6.45) is 0. The fraction of sp³-hybridized carbons (Fsp3) is 0. The van der Waals surface area contributed by atoms with E-state index in [1.807, 2.05) is 30.3 Å². The van der Waals surface area contributed by atoms with Gasteiger partial charge in [0.05, 0.1) is 4.92 Å². The Labute approximate surface area is 113 Å². The molecule has 0 unspecified atom stereocenters. The maximum Gasteiger partial charge on any atom is 0.286 e. The number of nitro benzene ring substituents is 1. The van der Waals surface area contributed by atoms with Gasteiger partial charge in [0, 0.05) is 16.1 Å². The highest BCUT2D eigenvalue weighted by Gasteiger charge is 2.11. The summed E-state index contributed by atoms with van der Waals surface area (Å²) < 4.78 is 0.666. The zero-order valence-corrected chi connectivity index (χ0v) is 10.8. The Balaban J connectivity index is 2.41. The summed E-state index contributed by atoms with van der Waals surface area (Å²) >= 11 is 3.21. The van der Waals surface area contributed by atoms with E-state index in [1.165, 1.54) is 6.07 Å². The minimum absolute atomic E-state index is 0.00723. The molecule has 0 aromatic heterocycles. The van der Waals surface area contributed by atoms with Crippen LogP contribution in [0.4, 0.5) is 5.69 Å². The normalized spacial score (nSPS) is 9.39. The molecular formula is C14H8BrNO2. The summed E-state index contributed by atoms with van der Waals surface area (Å²) in [4.78, 5) is 10.5. The molecule has 3 nitrogen and oxygen atoms in total. The smallest absolute Gasteiger partial charge is 0.258 e. The van der Waals surface area contributed by atoms with Gasteiger partial charge in [-0.2, -0.15) is 0 Å². The van der Waals surface area contributed by atoms with Crippen molar-refractivity contribution in [3.05, 3.63) is 74.2 Å². The lowest BCUT2D eigenvalue weighted by Crippen LogP contribution is -1.92. The Morgan fingerprint density at radius 2 is 1.78 bits per heavy atom. The van der Waals surface area contributed by atoms with E-state index in [2.05, 4.69) is 27.8 Å². The molecule has 88 valence electrons. The van der Waals surface area contributed by atoms with Crippen molar-refractivity contribution in [2.24, 2.45) is 0 Å². The summed E-state index contributed by atoms with van der Waals surface area (Å²) in [6.45, 7) is 0. The molecule has 0 atom stereocenters. The third kappa shape index (κ3) is 2.96. The number of hydrogen-bond acceptors (Lipinski definition) is 2. The maximum atomic E-state index is 10.9. The molecule has 2 rings (SSSR count). The Morgan fingerprint density at radius 1 is 1.06 bits per heavy atom. The molecule has 0 amide bonds. The minimum Gasteiger partial charge on any atom is -0.258 e. The van der Waals surface area contributed by atoms with Gasteiger partial charge in [-0.25, -0.2) is 0 Å². The van der Waals surface area contributed by atoms with Crippen molar-refractivity contribution in [1.29, 1.82) is 0 Å². The van der Waals surface area contributed by atoms with Crippen LogP contribution in [0.15, 0.2) is 53.0 Å². The minimum atomic E-state index is -0.431. The van der Waals surface area contributed by atoms with Crippen molar-refractivity contribution in [2.75, 3.05) is 0 Å². The second-order valence-electron chi connectivity index (χ2n) is 3.53. The molecule has 0 saturated carbocycles. The lowest BCUT2D eigenvalue weighted by molar-refractivity contribution is -0.385. The van der Waals surface area contributed by atoms with Crippen molar-refractivity contribution >= 4 is 21.6 Å². The van der Waals surface area contributed by atoms with Crippen LogP contribution in [-0.2, 0) is 0 Å². The van der Waals surface area contributed by atoms with E-state index in [0.717, 1.165) is 5.56 Å². The fourth-order valence-electron chi connectivity index (χ4n) is 1.42. The molecule has 0 aliphatic rings. The highest BCUT2D eigenvalue weighted by Crippen LogP contribution is 2.22. The first-order chi connectivity index (χ1) is 8.66. The summed E-state index contributed by atoms with van der Waals surface area (Å²) in [5.74, 6) is 5.73. The predicted octanol–water partition coefficient (Wildman–Crippen LogP) is 3.76. The van der Waals surface area contributed by atoms with Crippen LogP contribution in [0.25, 0.3) is 0 Å². The van der Waals surface area contributed by atoms with Crippen molar-refractivity contribution in [2.45, 2.75) is 0 Å². The number of nitrogens with zero attached hydrogens (tertiary/aromatic N) is 1. The standard InChI is InChI=1S/C14H8BrNO2/c15-13-9-8-12(14(10-13)16(17)18)7-6-11-4-2-1-3-5-11/h1-5,8-10H. The van der Waals surface area contributed by atoms with Crippen LogP contribution in [0.3, 0.4) is 0 Å². The van der Waals surface area contributed by atoms with E-state index in [1.54, 1.807) is 12.1 Å². The molecule has 2 aromatic rings. The van der Waals surface area contributed by atoms with Crippen LogP contribution in [-0.4, -0.2) is 4.92 Å². The van der Waals surface area contributed by atoms with Crippen molar-refractivity contribution in [3.63, 3.8) is 0 Å². The van der Waals surface area contributed by atoms with Crippen molar-refractivity contribution < 1.29 is 4.92 Å².